The van der Waals surface area contributed by atoms with Crippen LogP contribution in [-0.4, -0.2) is 74.6 Å². The minimum Gasteiger partial charge on any atom is -0.481 e. The highest BCUT2D eigenvalue weighted by molar-refractivity contribution is 9.10. The summed E-state index contributed by atoms with van der Waals surface area (Å²) in [7, 11) is 0. The number of nitrogens with one attached hydrogen (secondary N) is 1. The fourth-order valence-corrected chi connectivity index (χ4v) is 3.52. The number of aliphatic hydroxyl groups excluding tert-OH is 4. The maximum atomic E-state index is 13.1. The van der Waals surface area contributed by atoms with Crippen LogP contribution in [0.25, 0.3) is 0 Å². The minimum absolute atomic E-state index is 0.0415. The molecule has 1 heterocycles. The third-order valence-corrected chi connectivity index (χ3v) is 5.50. The normalized spacial score (nSPS) is 25.3. The summed E-state index contributed by atoms with van der Waals surface area (Å²) in [5, 5.41) is 48.5. The Morgan fingerprint density at radius 2 is 1.72 bits per heavy atom. The van der Waals surface area contributed by atoms with E-state index in [4.69, 9.17) is 9.57 Å². The van der Waals surface area contributed by atoms with Crippen molar-refractivity contribution < 1.29 is 44.7 Å². The van der Waals surface area contributed by atoms with Gasteiger partial charge in [0, 0.05) is 15.6 Å². The van der Waals surface area contributed by atoms with E-state index in [-0.39, 0.29) is 16.8 Å². The molecular weight excluding hydrogens is 490 g/mol. The molecule has 11 heteroatoms. The summed E-state index contributed by atoms with van der Waals surface area (Å²) < 4.78 is 6.05. The number of carboxylic acids is 1. The van der Waals surface area contributed by atoms with E-state index in [1.54, 1.807) is 24.3 Å². The second kappa shape index (κ2) is 10.5. The maximum Gasteiger partial charge on any atom is 0.307 e. The molecule has 2 aromatic rings. The van der Waals surface area contributed by atoms with Crippen molar-refractivity contribution in [2.24, 2.45) is 0 Å². The maximum absolute atomic E-state index is 13.1. The Balaban J connectivity index is 1.90. The lowest BCUT2D eigenvalue weighted by Crippen LogP contribution is -2.59. The number of hydrogen-bond donors (Lipinski definition) is 6. The summed E-state index contributed by atoms with van der Waals surface area (Å²) in [5.41, 5.74) is 3.20. The van der Waals surface area contributed by atoms with Crippen LogP contribution in [0.2, 0.25) is 0 Å². The predicted molar refractivity (Wildman–Crippen MR) is 114 cm³/mol. The van der Waals surface area contributed by atoms with Crippen molar-refractivity contribution in [2.45, 2.75) is 37.1 Å². The molecule has 1 aliphatic heterocycles. The van der Waals surface area contributed by atoms with Crippen LogP contribution in [0.4, 0.5) is 5.69 Å². The van der Waals surface area contributed by atoms with Crippen molar-refractivity contribution in [3.05, 3.63) is 63.6 Å². The smallest absolute Gasteiger partial charge is 0.307 e. The van der Waals surface area contributed by atoms with E-state index in [0.29, 0.717) is 5.56 Å². The molecule has 0 unspecified atom stereocenters. The average Bonchev–Trinajstić information content (AvgIpc) is 2.77. The SMILES string of the molecule is O=C(O)Cc1cccc(C(=O)c2ccc(Br)cc2)c1NO[C@@H]1O[C@H](CO)[C@@H](O)[C@H](O)[C@H]1O. The Kier molecular flexibility index (Phi) is 7.96. The van der Waals surface area contributed by atoms with Crippen molar-refractivity contribution in [3.63, 3.8) is 0 Å². The van der Waals surface area contributed by atoms with Gasteiger partial charge in [0.15, 0.2) is 5.78 Å². The summed E-state index contributed by atoms with van der Waals surface area (Å²) in [6, 6.07) is 11.1. The summed E-state index contributed by atoms with van der Waals surface area (Å²) in [6.07, 6.45) is -8.06. The average molecular weight is 512 g/mol. The molecule has 10 nitrogen and oxygen atoms in total. The third-order valence-electron chi connectivity index (χ3n) is 4.97. The molecule has 1 fully saturated rings. The van der Waals surface area contributed by atoms with Gasteiger partial charge < -0.3 is 30.3 Å². The first kappa shape index (κ1) is 24.3. The lowest BCUT2D eigenvalue weighted by Gasteiger charge is -2.39. The molecule has 32 heavy (non-hydrogen) atoms. The number of anilines is 1. The molecule has 0 spiro atoms. The van der Waals surface area contributed by atoms with Crippen LogP contribution in [0, 0.1) is 0 Å². The predicted octanol–water partition coefficient (Wildman–Crippen LogP) is 0.451. The number of rotatable bonds is 8. The molecule has 1 aliphatic rings. The second-order valence-corrected chi connectivity index (χ2v) is 8.08. The van der Waals surface area contributed by atoms with Gasteiger partial charge in [0.05, 0.1) is 18.7 Å². The van der Waals surface area contributed by atoms with Crippen LogP contribution in [0.15, 0.2) is 46.9 Å². The van der Waals surface area contributed by atoms with Crippen LogP contribution in [0.5, 0.6) is 0 Å². The van der Waals surface area contributed by atoms with Crippen LogP contribution in [0.3, 0.4) is 0 Å². The summed E-state index contributed by atoms with van der Waals surface area (Å²) >= 11 is 3.30. The van der Waals surface area contributed by atoms with Gasteiger partial charge in [-0.2, -0.15) is 0 Å². The fraction of sp³-hybridized carbons (Fsp3) is 0.333. The zero-order valence-electron chi connectivity index (χ0n) is 16.6. The molecule has 0 saturated carbocycles. The number of halogens is 1. The quantitative estimate of drug-likeness (QED) is 0.216. The van der Waals surface area contributed by atoms with E-state index in [9.17, 15) is 35.1 Å². The van der Waals surface area contributed by atoms with Gasteiger partial charge in [0.2, 0.25) is 6.29 Å². The van der Waals surface area contributed by atoms with Crippen LogP contribution in [0.1, 0.15) is 21.5 Å². The van der Waals surface area contributed by atoms with Gasteiger partial charge >= 0.3 is 5.97 Å². The van der Waals surface area contributed by atoms with E-state index in [1.807, 2.05) is 0 Å². The van der Waals surface area contributed by atoms with E-state index in [0.717, 1.165) is 4.47 Å². The minimum atomic E-state index is -1.68. The van der Waals surface area contributed by atoms with Crippen molar-refractivity contribution in [1.29, 1.82) is 0 Å². The van der Waals surface area contributed by atoms with E-state index >= 15 is 0 Å². The molecule has 0 bridgehead atoms. The largest absolute Gasteiger partial charge is 0.481 e. The van der Waals surface area contributed by atoms with Gasteiger partial charge in [-0.25, -0.2) is 4.84 Å². The van der Waals surface area contributed by atoms with Gasteiger partial charge in [-0.05, 0) is 35.9 Å². The number of para-hydroxylation sites is 1. The Morgan fingerprint density at radius 1 is 1.03 bits per heavy atom. The zero-order valence-corrected chi connectivity index (χ0v) is 18.2. The number of carboxylic acid groups (broad SMARTS) is 1. The van der Waals surface area contributed by atoms with Crippen LogP contribution >= 0.6 is 15.9 Å². The molecule has 172 valence electrons. The topological polar surface area (TPSA) is 166 Å². The number of aliphatic hydroxyl groups is 4. The molecule has 0 aromatic heterocycles. The zero-order chi connectivity index (χ0) is 23.4. The molecule has 2 aromatic carbocycles. The Hall–Kier alpha value is -2.38. The van der Waals surface area contributed by atoms with Crippen molar-refractivity contribution in [3.8, 4) is 0 Å². The summed E-state index contributed by atoms with van der Waals surface area (Å²) in [6.45, 7) is -0.645. The van der Waals surface area contributed by atoms with E-state index in [1.165, 1.54) is 18.2 Å². The highest BCUT2D eigenvalue weighted by atomic mass is 79.9. The second-order valence-electron chi connectivity index (χ2n) is 7.16. The molecule has 1 saturated heterocycles. The van der Waals surface area contributed by atoms with Gasteiger partial charge in [0.25, 0.3) is 0 Å². The number of carbonyl (C=O) groups excluding carboxylic acids is 1. The lowest BCUT2D eigenvalue weighted by molar-refractivity contribution is -0.294. The summed E-state index contributed by atoms with van der Waals surface area (Å²) in [4.78, 5) is 29.7. The molecular formula is C21H22BrNO9. The summed E-state index contributed by atoms with van der Waals surface area (Å²) in [5.74, 6) is -1.56. The van der Waals surface area contributed by atoms with Crippen molar-refractivity contribution in [1.82, 2.24) is 0 Å². The number of benzene rings is 2. The molecule has 0 amide bonds. The van der Waals surface area contributed by atoms with Crippen molar-refractivity contribution >= 4 is 33.4 Å². The first-order valence-electron chi connectivity index (χ1n) is 9.59. The number of ketones is 1. The van der Waals surface area contributed by atoms with Gasteiger partial charge in [-0.1, -0.05) is 28.1 Å². The van der Waals surface area contributed by atoms with Gasteiger partial charge in [-0.15, -0.1) is 0 Å². The molecule has 6 N–H and O–H groups in total. The first-order valence-corrected chi connectivity index (χ1v) is 10.4. The number of hydrogen-bond acceptors (Lipinski definition) is 9. The number of aliphatic carboxylic acids is 1. The Labute approximate surface area is 191 Å². The Bertz CT molecular complexity index is 966. The lowest BCUT2D eigenvalue weighted by atomic mass is 9.97. The standard InChI is InChI=1S/C21H22BrNO9/c22-12-6-4-10(5-7-12)17(27)13-3-1-2-11(8-15(25)26)16(13)23-32-21-20(30)19(29)18(28)14(9-24)31-21/h1-7,14,18-21,23-24,28-30H,8-9H2,(H,25,26)/t14-,18-,19+,20-,21+/m1/s1. The first-order chi connectivity index (χ1) is 15.2. The number of carbonyl (C=O) groups is 2. The Morgan fingerprint density at radius 3 is 2.34 bits per heavy atom. The third kappa shape index (κ3) is 5.33. The van der Waals surface area contributed by atoms with Crippen molar-refractivity contribution in [2.75, 3.05) is 12.1 Å². The van der Waals surface area contributed by atoms with Gasteiger partial charge in [0.1, 0.15) is 24.4 Å². The number of ether oxygens (including phenoxy) is 1. The fourth-order valence-electron chi connectivity index (χ4n) is 3.26. The molecule has 0 radical (unpaired) electrons. The highest BCUT2D eigenvalue weighted by Crippen LogP contribution is 2.28. The van der Waals surface area contributed by atoms with Crippen LogP contribution < -0.4 is 5.48 Å². The van der Waals surface area contributed by atoms with E-state index in [2.05, 4.69) is 21.4 Å². The molecule has 0 aliphatic carbocycles. The van der Waals surface area contributed by atoms with Crippen LogP contribution in [-0.2, 0) is 20.8 Å². The molecule has 5 atom stereocenters. The highest BCUT2D eigenvalue weighted by Gasteiger charge is 2.44. The van der Waals surface area contributed by atoms with E-state index < -0.39 is 55.5 Å². The molecule has 3 rings (SSSR count). The monoisotopic (exact) mass is 511 g/mol. The van der Waals surface area contributed by atoms with Gasteiger partial charge in [-0.3, -0.25) is 15.1 Å².